The molecule has 2 aromatic rings. The van der Waals surface area contributed by atoms with E-state index in [0.717, 1.165) is 20.4 Å². The Morgan fingerprint density at radius 3 is 2.63 bits per heavy atom. The third-order valence-corrected chi connectivity index (χ3v) is 3.74. The molecular formula is C15H14INO2. The van der Waals surface area contributed by atoms with E-state index < -0.39 is 5.91 Å². The summed E-state index contributed by atoms with van der Waals surface area (Å²) in [5.74, 6) is 0.453. The Hall–Kier alpha value is -1.56. The average molecular weight is 367 g/mol. The summed E-state index contributed by atoms with van der Waals surface area (Å²) in [6, 6.07) is 13.3. The summed E-state index contributed by atoms with van der Waals surface area (Å²) >= 11 is 2.24. The van der Waals surface area contributed by atoms with Crippen molar-refractivity contribution in [3.63, 3.8) is 0 Å². The van der Waals surface area contributed by atoms with Crippen molar-refractivity contribution in [2.75, 3.05) is 0 Å². The van der Waals surface area contributed by atoms with E-state index >= 15 is 0 Å². The lowest BCUT2D eigenvalue weighted by atomic mass is 10.1. The van der Waals surface area contributed by atoms with Gasteiger partial charge in [0.25, 0.3) is 0 Å². The lowest BCUT2D eigenvalue weighted by molar-refractivity contribution is 0.1000. The largest absolute Gasteiger partial charge is 0.488 e. The van der Waals surface area contributed by atoms with Gasteiger partial charge in [-0.1, -0.05) is 18.2 Å². The number of primary amides is 1. The zero-order chi connectivity index (χ0) is 13.8. The number of halogens is 1. The molecule has 0 aliphatic rings. The Balaban J connectivity index is 2.12. The summed E-state index contributed by atoms with van der Waals surface area (Å²) in [6.07, 6.45) is 0. The molecule has 0 saturated carbocycles. The van der Waals surface area contributed by atoms with Crippen LogP contribution in [0, 0.1) is 10.5 Å². The average Bonchev–Trinajstić information content (AvgIpc) is 2.39. The molecule has 0 saturated heterocycles. The highest BCUT2D eigenvalue weighted by molar-refractivity contribution is 14.1. The molecule has 19 heavy (non-hydrogen) atoms. The Morgan fingerprint density at radius 1 is 1.26 bits per heavy atom. The first-order chi connectivity index (χ1) is 9.08. The van der Waals surface area contributed by atoms with Gasteiger partial charge in [0.2, 0.25) is 5.91 Å². The lowest BCUT2D eigenvalue weighted by Crippen LogP contribution is -2.11. The van der Waals surface area contributed by atoms with Crippen molar-refractivity contribution in [1.82, 2.24) is 0 Å². The van der Waals surface area contributed by atoms with Gasteiger partial charge < -0.3 is 10.5 Å². The maximum atomic E-state index is 11.1. The summed E-state index contributed by atoms with van der Waals surface area (Å²) < 4.78 is 6.86. The van der Waals surface area contributed by atoms with Gasteiger partial charge in [-0.3, -0.25) is 4.79 Å². The number of carbonyl (C=O) groups is 1. The molecular weight excluding hydrogens is 353 g/mol. The number of hydrogen-bond donors (Lipinski definition) is 1. The van der Waals surface area contributed by atoms with Crippen molar-refractivity contribution >= 4 is 28.5 Å². The Bertz CT molecular complexity index is 611. The van der Waals surface area contributed by atoms with Crippen molar-refractivity contribution in [2.24, 2.45) is 5.73 Å². The van der Waals surface area contributed by atoms with E-state index in [1.807, 2.05) is 37.3 Å². The lowest BCUT2D eigenvalue weighted by Gasteiger charge is -2.10. The number of hydrogen-bond acceptors (Lipinski definition) is 2. The molecule has 2 aromatic carbocycles. The molecule has 0 atom stereocenters. The number of nitrogens with two attached hydrogens (primary N) is 1. The molecule has 98 valence electrons. The van der Waals surface area contributed by atoms with Gasteiger partial charge in [-0.25, -0.2) is 0 Å². The Kier molecular flexibility index (Phi) is 4.42. The van der Waals surface area contributed by atoms with Crippen LogP contribution in [0.1, 0.15) is 21.5 Å². The van der Waals surface area contributed by atoms with Crippen molar-refractivity contribution < 1.29 is 9.53 Å². The normalized spacial score (nSPS) is 10.2. The van der Waals surface area contributed by atoms with Gasteiger partial charge in [-0.05, 0) is 64.9 Å². The van der Waals surface area contributed by atoms with E-state index in [0.29, 0.717) is 12.2 Å². The highest BCUT2D eigenvalue weighted by Crippen LogP contribution is 2.21. The van der Waals surface area contributed by atoms with E-state index in [1.54, 1.807) is 12.1 Å². The molecule has 3 nitrogen and oxygen atoms in total. The highest BCUT2D eigenvalue weighted by Gasteiger charge is 2.06. The standard InChI is InChI=1S/C15H14INO2/c1-10-8-11(15(17)18)6-7-12(10)9-19-14-5-3-2-4-13(14)16/h2-8H,9H2,1H3,(H2,17,18). The van der Waals surface area contributed by atoms with Gasteiger partial charge in [0.15, 0.2) is 0 Å². The van der Waals surface area contributed by atoms with Crippen LogP contribution in [0.2, 0.25) is 0 Å². The van der Waals surface area contributed by atoms with Crippen molar-refractivity contribution in [3.8, 4) is 5.75 Å². The number of ether oxygens (including phenoxy) is 1. The maximum Gasteiger partial charge on any atom is 0.248 e. The van der Waals surface area contributed by atoms with Crippen LogP contribution in [0.5, 0.6) is 5.75 Å². The summed E-state index contributed by atoms with van der Waals surface area (Å²) in [6.45, 7) is 2.42. The van der Waals surface area contributed by atoms with Gasteiger partial charge in [0.05, 0.1) is 3.57 Å². The molecule has 0 aliphatic carbocycles. The van der Waals surface area contributed by atoms with Gasteiger partial charge in [0, 0.05) is 5.56 Å². The molecule has 0 unspecified atom stereocenters. The molecule has 0 spiro atoms. The fourth-order valence-electron chi connectivity index (χ4n) is 1.73. The molecule has 2 rings (SSSR count). The first-order valence-corrected chi connectivity index (χ1v) is 6.92. The number of amides is 1. The second-order valence-electron chi connectivity index (χ2n) is 4.22. The third kappa shape index (κ3) is 3.47. The predicted molar refractivity (Wildman–Crippen MR) is 83.2 cm³/mol. The Labute approximate surface area is 125 Å². The van der Waals surface area contributed by atoms with Gasteiger partial charge in [0.1, 0.15) is 12.4 Å². The SMILES string of the molecule is Cc1cc(C(N)=O)ccc1COc1ccccc1I. The number of rotatable bonds is 4. The van der Waals surface area contributed by atoms with Gasteiger partial charge in [-0.2, -0.15) is 0 Å². The van der Waals surface area contributed by atoms with E-state index in [1.165, 1.54) is 0 Å². The predicted octanol–water partition coefficient (Wildman–Crippen LogP) is 3.28. The molecule has 0 radical (unpaired) electrons. The zero-order valence-corrected chi connectivity index (χ0v) is 12.7. The van der Waals surface area contributed by atoms with Crippen LogP contribution in [0.3, 0.4) is 0 Å². The molecule has 0 aliphatic heterocycles. The minimum atomic E-state index is -0.409. The van der Waals surface area contributed by atoms with Gasteiger partial charge in [-0.15, -0.1) is 0 Å². The quantitative estimate of drug-likeness (QED) is 0.844. The number of para-hydroxylation sites is 1. The molecule has 2 N–H and O–H groups in total. The van der Waals surface area contributed by atoms with Crippen LogP contribution >= 0.6 is 22.6 Å². The smallest absolute Gasteiger partial charge is 0.248 e. The summed E-state index contributed by atoms with van der Waals surface area (Å²) in [5.41, 5.74) is 7.82. The molecule has 0 bridgehead atoms. The molecule has 0 fully saturated rings. The number of benzene rings is 2. The van der Waals surface area contributed by atoms with Crippen molar-refractivity contribution in [2.45, 2.75) is 13.5 Å². The van der Waals surface area contributed by atoms with E-state index in [4.69, 9.17) is 10.5 Å². The number of aryl methyl sites for hydroxylation is 1. The van der Waals surface area contributed by atoms with Crippen LogP contribution in [-0.2, 0) is 6.61 Å². The van der Waals surface area contributed by atoms with Crippen molar-refractivity contribution in [3.05, 3.63) is 62.7 Å². The fourth-order valence-corrected chi connectivity index (χ4v) is 2.27. The maximum absolute atomic E-state index is 11.1. The minimum Gasteiger partial charge on any atom is -0.488 e. The molecule has 4 heteroatoms. The molecule has 1 amide bonds. The fraction of sp³-hybridized carbons (Fsp3) is 0.133. The van der Waals surface area contributed by atoms with E-state index in [2.05, 4.69) is 22.6 Å². The topological polar surface area (TPSA) is 52.3 Å². The monoisotopic (exact) mass is 367 g/mol. The minimum absolute atomic E-state index is 0.409. The van der Waals surface area contributed by atoms with Crippen LogP contribution < -0.4 is 10.5 Å². The van der Waals surface area contributed by atoms with Crippen molar-refractivity contribution in [1.29, 1.82) is 0 Å². The third-order valence-electron chi connectivity index (χ3n) is 2.85. The summed E-state index contributed by atoms with van der Waals surface area (Å²) in [7, 11) is 0. The van der Waals surface area contributed by atoms with E-state index in [9.17, 15) is 4.79 Å². The van der Waals surface area contributed by atoms with Gasteiger partial charge >= 0.3 is 0 Å². The second kappa shape index (κ2) is 6.06. The molecule has 0 aromatic heterocycles. The summed E-state index contributed by atoms with van der Waals surface area (Å²) in [5, 5.41) is 0. The number of carbonyl (C=O) groups excluding carboxylic acids is 1. The second-order valence-corrected chi connectivity index (χ2v) is 5.39. The van der Waals surface area contributed by atoms with E-state index in [-0.39, 0.29) is 0 Å². The highest BCUT2D eigenvalue weighted by atomic mass is 127. The Morgan fingerprint density at radius 2 is 2.00 bits per heavy atom. The summed E-state index contributed by atoms with van der Waals surface area (Å²) in [4.78, 5) is 11.1. The zero-order valence-electron chi connectivity index (χ0n) is 10.5. The first kappa shape index (κ1) is 13.9. The van der Waals surface area contributed by atoms with Crippen LogP contribution in [0.4, 0.5) is 0 Å². The van der Waals surface area contributed by atoms with Crippen LogP contribution in [0.25, 0.3) is 0 Å². The van der Waals surface area contributed by atoms with Crippen LogP contribution in [-0.4, -0.2) is 5.91 Å². The van der Waals surface area contributed by atoms with Crippen LogP contribution in [0.15, 0.2) is 42.5 Å². The molecule has 0 heterocycles. The first-order valence-electron chi connectivity index (χ1n) is 5.84.